The lowest BCUT2D eigenvalue weighted by Gasteiger charge is -1.99. The molecule has 0 spiro atoms. The van der Waals surface area contributed by atoms with Crippen molar-refractivity contribution >= 4 is 31.8 Å². The topological polar surface area (TPSA) is 34.1 Å². The van der Waals surface area contributed by atoms with Crippen molar-refractivity contribution in [3.8, 4) is 0 Å². The quantitative estimate of drug-likeness (QED) is 0.859. The summed E-state index contributed by atoms with van der Waals surface area (Å²) in [4.78, 5) is 0.290. The van der Waals surface area contributed by atoms with Gasteiger partial charge in [-0.1, -0.05) is 46.3 Å². The van der Waals surface area contributed by atoms with E-state index in [4.69, 9.17) is 0 Å². The van der Waals surface area contributed by atoms with Crippen molar-refractivity contribution < 1.29 is 8.42 Å². The van der Waals surface area contributed by atoms with Crippen molar-refractivity contribution in [1.29, 1.82) is 0 Å². The molecule has 0 aromatic heterocycles. The Morgan fingerprint density at radius 1 is 0.889 bits per heavy atom. The van der Waals surface area contributed by atoms with Crippen LogP contribution in [0.15, 0.2) is 69.4 Å². The Morgan fingerprint density at radius 3 is 2.11 bits per heavy atom. The van der Waals surface area contributed by atoms with Crippen LogP contribution in [0.5, 0.6) is 0 Å². The molecule has 2 rings (SSSR count). The summed E-state index contributed by atoms with van der Waals surface area (Å²) in [7, 11) is -3.38. The third-order valence-corrected chi connectivity index (χ3v) is 4.33. The summed E-state index contributed by atoms with van der Waals surface area (Å²) in [5, 5.41) is 1.23. The van der Waals surface area contributed by atoms with E-state index in [9.17, 15) is 8.42 Å². The molecule has 4 heteroatoms. The van der Waals surface area contributed by atoms with E-state index >= 15 is 0 Å². The molecule has 2 nitrogen and oxygen atoms in total. The minimum absolute atomic E-state index is 0.290. The lowest BCUT2D eigenvalue weighted by Crippen LogP contribution is -1.95. The first kappa shape index (κ1) is 13.1. The molecule has 0 bridgehead atoms. The Morgan fingerprint density at radius 2 is 1.50 bits per heavy atom. The maximum atomic E-state index is 12.0. The molecule has 0 atom stereocenters. The summed E-state index contributed by atoms with van der Waals surface area (Å²) in [6.45, 7) is 0. The number of halogens is 1. The zero-order valence-electron chi connectivity index (χ0n) is 9.45. The molecule has 0 heterocycles. The molecule has 2 aromatic rings. The molecule has 0 unspecified atom stereocenters. The van der Waals surface area contributed by atoms with Gasteiger partial charge in [0, 0.05) is 9.88 Å². The van der Waals surface area contributed by atoms with Crippen LogP contribution in [-0.4, -0.2) is 8.42 Å². The van der Waals surface area contributed by atoms with Gasteiger partial charge in [0.05, 0.1) is 4.90 Å². The molecule has 2 aromatic carbocycles. The van der Waals surface area contributed by atoms with Gasteiger partial charge in [-0.2, -0.15) is 0 Å². The summed E-state index contributed by atoms with van der Waals surface area (Å²) in [5.41, 5.74) is 0.859. The lowest BCUT2D eigenvalue weighted by atomic mass is 10.2. The molecule has 0 aliphatic carbocycles. The third kappa shape index (κ3) is 3.31. The van der Waals surface area contributed by atoms with Crippen LogP contribution in [0.1, 0.15) is 5.56 Å². The van der Waals surface area contributed by atoms with E-state index in [2.05, 4.69) is 15.9 Å². The molecule has 0 aliphatic heterocycles. The number of benzene rings is 2. The van der Waals surface area contributed by atoms with Gasteiger partial charge in [0.2, 0.25) is 0 Å². The minimum atomic E-state index is -3.38. The highest BCUT2D eigenvalue weighted by Gasteiger charge is 2.09. The van der Waals surface area contributed by atoms with E-state index in [0.29, 0.717) is 0 Å². The van der Waals surface area contributed by atoms with E-state index < -0.39 is 9.84 Å². The second-order valence-corrected chi connectivity index (χ2v) is 6.46. The first-order chi connectivity index (χ1) is 8.58. The van der Waals surface area contributed by atoms with Crippen molar-refractivity contribution in [3.05, 3.63) is 70.0 Å². The zero-order valence-corrected chi connectivity index (χ0v) is 11.9. The van der Waals surface area contributed by atoms with Crippen molar-refractivity contribution in [2.45, 2.75) is 4.90 Å². The molecule has 0 saturated carbocycles. The van der Waals surface area contributed by atoms with Crippen LogP contribution in [0.2, 0.25) is 0 Å². The van der Waals surface area contributed by atoms with Gasteiger partial charge in [-0.3, -0.25) is 0 Å². The van der Waals surface area contributed by atoms with Crippen LogP contribution in [0.3, 0.4) is 0 Å². The highest BCUT2D eigenvalue weighted by Crippen LogP contribution is 2.17. The van der Waals surface area contributed by atoms with E-state index in [1.807, 2.05) is 30.3 Å². The monoisotopic (exact) mass is 322 g/mol. The standard InChI is InChI=1S/C14H11BrO2S/c15-13-6-8-14(9-7-13)18(16,17)11-10-12-4-2-1-3-5-12/h1-11H/b11-10+. The molecule has 0 radical (unpaired) electrons. The summed E-state index contributed by atoms with van der Waals surface area (Å²) >= 11 is 3.28. The fraction of sp³-hybridized carbons (Fsp3) is 0. The van der Waals surface area contributed by atoms with Crippen LogP contribution in [0.4, 0.5) is 0 Å². The second kappa shape index (κ2) is 5.50. The zero-order chi connectivity index (χ0) is 13.0. The van der Waals surface area contributed by atoms with Gasteiger partial charge >= 0.3 is 0 Å². The predicted octanol–water partition coefficient (Wildman–Crippen LogP) is 3.89. The maximum absolute atomic E-state index is 12.0. The molecule has 0 N–H and O–H groups in total. The van der Waals surface area contributed by atoms with E-state index in [1.54, 1.807) is 30.3 Å². The summed E-state index contributed by atoms with van der Waals surface area (Å²) in [5.74, 6) is 0. The Bertz CT molecular complexity index is 644. The molecule has 18 heavy (non-hydrogen) atoms. The first-order valence-electron chi connectivity index (χ1n) is 5.32. The van der Waals surface area contributed by atoms with E-state index in [-0.39, 0.29) is 4.90 Å². The van der Waals surface area contributed by atoms with Crippen molar-refractivity contribution in [1.82, 2.24) is 0 Å². The molecular weight excluding hydrogens is 312 g/mol. The second-order valence-electron chi connectivity index (χ2n) is 3.71. The Hall–Kier alpha value is -1.39. The minimum Gasteiger partial charge on any atom is -0.219 e. The van der Waals surface area contributed by atoms with E-state index in [0.717, 1.165) is 10.0 Å². The first-order valence-corrected chi connectivity index (χ1v) is 7.66. The summed E-state index contributed by atoms with van der Waals surface area (Å²) in [6, 6.07) is 15.9. The molecule has 0 saturated heterocycles. The third-order valence-electron chi connectivity index (χ3n) is 2.38. The lowest BCUT2D eigenvalue weighted by molar-refractivity contribution is 0.605. The highest BCUT2D eigenvalue weighted by molar-refractivity contribution is 9.10. The molecule has 0 fully saturated rings. The summed E-state index contributed by atoms with van der Waals surface area (Å²) < 4.78 is 24.9. The Balaban J connectivity index is 2.28. The number of sulfone groups is 1. The predicted molar refractivity (Wildman–Crippen MR) is 76.8 cm³/mol. The number of hydrogen-bond acceptors (Lipinski definition) is 2. The largest absolute Gasteiger partial charge is 0.219 e. The van der Waals surface area contributed by atoms with Crippen molar-refractivity contribution in [2.75, 3.05) is 0 Å². The average molecular weight is 323 g/mol. The van der Waals surface area contributed by atoms with E-state index in [1.165, 1.54) is 5.41 Å². The van der Waals surface area contributed by atoms with Gasteiger partial charge in [0.25, 0.3) is 0 Å². The van der Waals surface area contributed by atoms with Crippen LogP contribution < -0.4 is 0 Å². The van der Waals surface area contributed by atoms with Crippen LogP contribution in [-0.2, 0) is 9.84 Å². The van der Waals surface area contributed by atoms with Crippen LogP contribution in [0.25, 0.3) is 6.08 Å². The Kier molecular flexibility index (Phi) is 3.99. The smallest absolute Gasteiger partial charge is 0.199 e. The highest BCUT2D eigenvalue weighted by atomic mass is 79.9. The van der Waals surface area contributed by atoms with Crippen LogP contribution >= 0.6 is 15.9 Å². The molecule has 92 valence electrons. The number of hydrogen-bond donors (Lipinski definition) is 0. The van der Waals surface area contributed by atoms with Gasteiger partial charge in [-0.05, 0) is 35.9 Å². The molecular formula is C14H11BrO2S. The van der Waals surface area contributed by atoms with Gasteiger partial charge in [-0.25, -0.2) is 8.42 Å². The fourth-order valence-electron chi connectivity index (χ4n) is 1.44. The van der Waals surface area contributed by atoms with Crippen molar-refractivity contribution in [2.24, 2.45) is 0 Å². The van der Waals surface area contributed by atoms with Gasteiger partial charge < -0.3 is 0 Å². The fourth-order valence-corrected chi connectivity index (χ4v) is 2.71. The number of rotatable bonds is 3. The summed E-state index contributed by atoms with van der Waals surface area (Å²) in [6.07, 6.45) is 1.59. The van der Waals surface area contributed by atoms with Crippen molar-refractivity contribution in [3.63, 3.8) is 0 Å². The van der Waals surface area contributed by atoms with Gasteiger partial charge in [0.15, 0.2) is 9.84 Å². The normalized spacial score (nSPS) is 11.8. The SMILES string of the molecule is O=S(=O)(/C=C/c1ccccc1)c1ccc(Br)cc1. The maximum Gasteiger partial charge on any atom is 0.199 e. The molecule has 0 amide bonds. The van der Waals surface area contributed by atoms with Gasteiger partial charge in [-0.15, -0.1) is 0 Å². The molecule has 0 aliphatic rings. The van der Waals surface area contributed by atoms with Gasteiger partial charge in [0.1, 0.15) is 0 Å². The Labute approximate surface area is 115 Å². The average Bonchev–Trinajstić information content (AvgIpc) is 2.38. The van der Waals surface area contributed by atoms with Crippen LogP contribution in [0, 0.1) is 0 Å².